The quantitative estimate of drug-likeness (QED) is 0.820. The highest BCUT2D eigenvalue weighted by Crippen LogP contribution is 2.25. The van der Waals surface area contributed by atoms with E-state index in [1.54, 1.807) is 0 Å². The van der Waals surface area contributed by atoms with E-state index in [0.29, 0.717) is 5.82 Å². The Labute approximate surface area is 96.7 Å². The third-order valence-corrected chi connectivity index (χ3v) is 3.33. The Morgan fingerprint density at radius 2 is 1.94 bits per heavy atom. The first-order valence-electron chi connectivity index (χ1n) is 6.01. The number of nitrogen functional groups attached to an aromatic ring is 1. The van der Waals surface area contributed by atoms with E-state index >= 15 is 0 Å². The van der Waals surface area contributed by atoms with Gasteiger partial charge >= 0.3 is 0 Å². The number of anilines is 2. The molecule has 0 unspecified atom stereocenters. The van der Waals surface area contributed by atoms with Crippen LogP contribution in [0.15, 0.2) is 0 Å². The van der Waals surface area contributed by atoms with Crippen LogP contribution in [0.2, 0.25) is 0 Å². The van der Waals surface area contributed by atoms with Gasteiger partial charge in [0.15, 0.2) is 0 Å². The Kier molecular flexibility index (Phi) is 3.27. The molecule has 1 aromatic rings. The maximum absolute atomic E-state index is 5.81. The predicted octanol–water partition coefficient (Wildman–Crippen LogP) is 2.28. The zero-order chi connectivity index (χ0) is 11.5. The molecule has 0 amide bonds. The molecule has 0 aromatic carbocycles. The van der Waals surface area contributed by atoms with Crippen molar-refractivity contribution in [2.24, 2.45) is 5.92 Å². The molecule has 1 aliphatic rings. The van der Waals surface area contributed by atoms with Crippen molar-refractivity contribution < 1.29 is 0 Å². The van der Waals surface area contributed by atoms with Crippen LogP contribution in [-0.2, 0) is 0 Å². The van der Waals surface area contributed by atoms with Crippen LogP contribution in [0.25, 0.3) is 0 Å². The molecule has 0 spiro atoms. The van der Waals surface area contributed by atoms with Crippen LogP contribution in [0.4, 0.5) is 11.6 Å². The van der Waals surface area contributed by atoms with Crippen LogP contribution in [0, 0.1) is 19.8 Å². The van der Waals surface area contributed by atoms with Gasteiger partial charge in [0.2, 0.25) is 0 Å². The van der Waals surface area contributed by atoms with Gasteiger partial charge < -0.3 is 11.1 Å². The minimum atomic E-state index is 0.585. The highest BCUT2D eigenvalue weighted by Gasteiger charge is 2.15. The molecule has 16 heavy (non-hydrogen) atoms. The molecule has 0 bridgehead atoms. The highest BCUT2D eigenvalue weighted by atomic mass is 15.1. The molecule has 4 nitrogen and oxygen atoms in total. The number of nitrogens with two attached hydrogens (primary N) is 1. The topological polar surface area (TPSA) is 63.8 Å². The third-order valence-electron chi connectivity index (χ3n) is 3.33. The summed E-state index contributed by atoms with van der Waals surface area (Å²) >= 11 is 0. The van der Waals surface area contributed by atoms with Crippen molar-refractivity contribution in [2.75, 3.05) is 17.6 Å². The molecule has 88 valence electrons. The molecule has 3 N–H and O–H groups in total. The zero-order valence-electron chi connectivity index (χ0n) is 10.1. The first kappa shape index (κ1) is 11.2. The van der Waals surface area contributed by atoms with E-state index in [1.807, 2.05) is 13.8 Å². The summed E-state index contributed by atoms with van der Waals surface area (Å²) < 4.78 is 0. The predicted molar refractivity (Wildman–Crippen MR) is 66.4 cm³/mol. The summed E-state index contributed by atoms with van der Waals surface area (Å²) in [6.07, 6.45) is 5.42. The van der Waals surface area contributed by atoms with Gasteiger partial charge in [-0.15, -0.1) is 0 Å². The van der Waals surface area contributed by atoms with E-state index in [1.165, 1.54) is 25.7 Å². The molecular formula is C12H20N4. The Balaban J connectivity index is 2.02. The molecule has 0 radical (unpaired) electrons. The van der Waals surface area contributed by atoms with E-state index in [2.05, 4.69) is 15.3 Å². The summed E-state index contributed by atoms with van der Waals surface area (Å²) in [4.78, 5) is 8.53. The minimum Gasteiger partial charge on any atom is -0.383 e. The van der Waals surface area contributed by atoms with Crippen LogP contribution in [0.5, 0.6) is 0 Å². The number of aryl methyl sites for hydroxylation is 1. The Bertz CT molecular complexity index is 370. The van der Waals surface area contributed by atoms with Crippen LogP contribution >= 0.6 is 0 Å². The van der Waals surface area contributed by atoms with Crippen LogP contribution in [0.1, 0.15) is 37.1 Å². The van der Waals surface area contributed by atoms with Gasteiger partial charge in [-0.25, -0.2) is 9.97 Å². The molecule has 1 heterocycles. The van der Waals surface area contributed by atoms with Gasteiger partial charge in [-0.1, -0.05) is 12.8 Å². The molecular weight excluding hydrogens is 200 g/mol. The molecule has 4 heteroatoms. The summed E-state index contributed by atoms with van der Waals surface area (Å²) in [5.74, 6) is 3.02. The maximum Gasteiger partial charge on any atom is 0.134 e. The maximum atomic E-state index is 5.81. The molecule has 1 aromatic heterocycles. The second-order valence-corrected chi connectivity index (χ2v) is 4.66. The van der Waals surface area contributed by atoms with Crippen LogP contribution < -0.4 is 11.1 Å². The molecule has 2 rings (SSSR count). The fourth-order valence-corrected chi connectivity index (χ4v) is 2.28. The van der Waals surface area contributed by atoms with Gasteiger partial charge in [0.1, 0.15) is 17.5 Å². The second-order valence-electron chi connectivity index (χ2n) is 4.66. The summed E-state index contributed by atoms with van der Waals surface area (Å²) in [6.45, 7) is 4.85. The van der Waals surface area contributed by atoms with Crippen molar-refractivity contribution in [2.45, 2.75) is 39.5 Å². The lowest BCUT2D eigenvalue weighted by Crippen LogP contribution is -2.14. The van der Waals surface area contributed by atoms with Gasteiger partial charge in [-0.2, -0.15) is 0 Å². The van der Waals surface area contributed by atoms with Crippen LogP contribution in [-0.4, -0.2) is 16.5 Å². The van der Waals surface area contributed by atoms with Gasteiger partial charge in [-0.05, 0) is 32.6 Å². The summed E-state index contributed by atoms with van der Waals surface area (Å²) in [6, 6.07) is 0. The molecule has 1 aliphatic carbocycles. The van der Waals surface area contributed by atoms with E-state index in [4.69, 9.17) is 5.73 Å². The lowest BCUT2D eigenvalue weighted by atomic mass is 10.1. The average Bonchev–Trinajstić information content (AvgIpc) is 2.74. The molecule has 1 fully saturated rings. The van der Waals surface area contributed by atoms with E-state index in [0.717, 1.165) is 29.7 Å². The first-order valence-corrected chi connectivity index (χ1v) is 6.01. The fourth-order valence-electron chi connectivity index (χ4n) is 2.28. The third kappa shape index (κ3) is 2.43. The van der Waals surface area contributed by atoms with Crippen molar-refractivity contribution in [3.63, 3.8) is 0 Å². The highest BCUT2D eigenvalue weighted by molar-refractivity contribution is 5.54. The zero-order valence-corrected chi connectivity index (χ0v) is 10.1. The van der Waals surface area contributed by atoms with Crippen molar-refractivity contribution in [3.05, 3.63) is 11.4 Å². The van der Waals surface area contributed by atoms with Gasteiger partial charge in [0.05, 0.1) is 0 Å². The number of rotatable bonds is 3. The molecule has 0 saturated heterocycles. The standard InChI is InChI=1S/C12H20N4/c1-8-11(13)15-9(2)16-12(8)14-7-10-5-3-4-6-10/h10H,3-7H2,1-2H3,(H3,13,14,15,16). The molecule has 1 saturated carbocycles. The lowest BCUT2D eigenvalue weighted by Gasteiger charge is -2.14. The Hall–Kier alpha value is -1.32. The van der Waals surface area contributed by atoms with Crippen LogP contribution in [0.3, 0.4) is 0 Å². The van der Waals surface area contributed by atoms with Gasteiger partial charge in [0.25, 0.3) is 0 Å². The van der Waals surface area contributed by atoms with Crippen molar-refractivity contribution in [1.29, 1.82) is 0 Å². The van der Waals surface area contributed by atoms with E-state index in [-0.39, 0.29) is 0 Å². The monoisotopic (exact) mass is 220 g/mol. The second kappa shape index (κ2) is 4.68. The SMILES string of the molecule is Cc1nc(N)c(C)c(NCC2CCCC2)n1. The number of nitrogens with zero attached hydrogens (tertiary/aromatic N) is 2. The molecule has 0 aliphatic heterocycles. The van der Waals surface area contributed by atoms with Crippen molar-refractivity contribution >= 4 is 11.6 Å². The number of aromatic nitrogens is 2. The Morgan fingerprint density at radius 3 is 2.62 bits per heavy atom. The van der Waals surface area contributed by atoms with Gasteiger partial charge in [0, 0.05) is 12.1 Å². The average molecular weight is 220 g/mol. The number of nitrogens with one attached hydrogen (secondary N) is 1. The molecule has 0 atom stereocenters. The van der Waals surface area contributed by atoms with E-state index in [9.17, 15) is 0 Å². The number of hydrogen-bond acceptors (Lipinski definition) is 4. The Morgan fingerprint density at radius 1 is 1.25 bits per heavy atom. The smallest absolute Gasteiger partial charge is 0.134 e. The van der Waals surface area contributed by atoms with Gasteiger partial charge in [-0.3, -0.25) is 0 Å². The van der Waals surface area contributed by atoms with Crippen molar-refractivity contribution in [3.8, 4) is 0 Å². The summed E-state index contributed by atoms with van der Waals surface area (Å²) in [5, 5.41) is 3.41. The summed E-state index contributed by atoms with van der Waals surface area (Å²) in [7, 11) is 0. The lowest BCUT2D eigenvalue weighted by molar-refractivity contribution is 0.578. The summed E-state index contributed by atoms with van der Waals surface area (Å²) in [5.41, 5.74) is 6.78. The fraction of sp³-hybridized carbons (Fsp3) is 0.667. The van der Waals surface area contributed by atoms with Crippen molar-refractivity contribution in [1.82, 2.24) is 9.97 Å². The largest absolute Gasteiger partial charge is 0.383 e. The minimum absolute atomic E-state index is 0.585. The normalized spacial score (nSPS) is 16.6. The first-order chi connectivity index (χ1) is 7.66. The number of hydrogen-bond donors (Lipinski definition) is 2. The van der Waals surface area contributed by atoms with E-state index < -0.39 is 0 Å².